The zero-order chi connectivity index (χ0) is 13.9. The summed E-state index contributed by atoms with van der Waals surface area (Å²) in [6, 6.07) is 0.760. The number of nitrogens with one attached hydrogen (secondary N) is 1. The molecule has 0 aromatic carbocycles. The van der Waals surface area contributed by atoms with Gasteiger partial charge in [0.15, 0.2) is 0 Å². The van der Waals surface area contributed by atoms with Gasteiger partial charge in [0.1, 0.15) is 11.7 Å². The molecule has 1 heterocycles. The number of carboxylic acids is 1. The number of rotatable bonds is 5. The molecule has 1 rings (SSSR count). The van der Waals surface area contributed by atoms with Crippen LogP contribution in [0, 0.1) is 12.8 Å². The van der Waals surface area contributed by atoms with Crippen molar-refractivity contribution in [2.75, 3.05) is 0 Å². The number of hydrogen-bond donors (Lipinski definition) is 2. The Balaban J connectivity index is 2.90. The number of carboxylic acid groups (broad SMARTS) is 1. The van der Waals surface area contributed by atoms with Crippen LogP contribution in [0.1, 0.15) is 37.0 Å². The van der Waals surface area contributed by atoms with Crippen molar-refractivity contribution in [3.8, 4) is 0 Å². The van der Waals surface area contributed by atoms with E-state index >= 15 is 0 Å². The summed E-state index contributed by atoms with van der Waals surface area (Å²) < 4.78 is 1.56. The van der Waals surface area contributed by atoms with E-state index in [2.05, 4.69) is 10.4 Å². The quantitative estimate of drug-likeness (QED) is 0.821. The molecular weight excluding hydrogens is 234 g/mol. The van der Waals surface area contributed by atoms with E-state index in [1.807, 2.05) is 6.92 Å². The van der Waals surface area contributed by atoms with Crippen molar-refractivity contribution < 1.29 is 14.7 Å². The Morgan fingerprint density at radius 2 is 2.11 bits per heavy atom. The molecule has 0 fully saturated rings. The summed E-state index contributed by atoms with van der Waals surface area (Å²) in [4.78, 5) is 23.1. The average Bonchev–Trinajstić information content (AvgIpc) is 2.66. The minimum Gasteiger partial charge on any atom is -0.480 e. The molecule has 1 aromatic heterocycles. The summed E-state index contributed by atoms with van der Waals surface area (Å²) in [7, 11) is 0. The molecule has 2 N–H and O–H groups in total. The lowest BCUT2D eigenvalue weighted by molar-refractivity contribution is -0.140. The van der Waals surface area contributed by atoms with Crippen LogP contribution in [0.3, 0.4) is 0 Å². The normalized spacial score (nSPS) is 12.5. The van der Waals surface area contributed by atoms with E-state index in [9.17, 15) is 9.59 Å². The van der Waals surface area contributed by atoms with Crippen molar-refractivity contribution >= 4 is 11.9 Å². The van der Waals surface area contributed by atoms with Crippen LogP contribution in [-0.4, -0.2) is 32.8 Å². The Hall–Kier alpha value is -1.85. The van der Waals surface area contributed by atoms with Crippen LogP contribution in [-0.2, 0) is 11.3 Å². The highest BCUT2D eigenvalue weighted by Gasteiger charge is 2.25. The smallest absolute Gasteiger partial charge is 0.326 e. The van der Waals surface area contributed by atoms with Crippen LogP contribution in [0.15, 0.2) is 6.07 Å². The molecule has 6 nitrogen and oxygen atoms in total. The van der Waals surface area contributed by atoms with E-state index in [1.54, 1.807) is 31.5 Å². The number of aryl methyl sites for hydroxylation is 2. The Morgan fingerprint density at radius 1 is 1.50 bits per heavy atom. The standard InChI is InChI=1S/C12H19N3O3/c1-5-15-9(6-8(4)14-15)11(16)13-10(7(2)3)12(17)18/h6-7,10H,5H2,1-4H3,(H,13,16)(H,17,18)/t10-/m0/s1. The zero-order valence-electron chi connectivity index (χ0n) is 11.1. The van der Waals surface area contributed by atoms with Gasteiger partial charge in [-0.2, -0.15) is 5.10 Å². The predicted molar refractivity (Wildman–Crippen MR) is 66.4 cm³/mol. The SMILES string of the molecule is CCn1nc(C)cc1C(=O)N[C@H](C(=O)O)C(C)C. The van der Waals surface area contributed by atoms with Gasteiger partial charge in [-0.3, -0.25) is 9.48 Å². The maximum absolute atomic E-state index is 12.0. The predicted octanol–water partition coefficient (Wildman–Crippen LogP) is 1.05. The highest BCUT2D eigenvalue weighted by Crippen LogP contribution is 2.07. The summed E-state index contributed by atoms with van der Waals surface area (Å²) in [6.45, 7) is 7.74. The number of aromatic nitrogens is 2. The molecule has 0 aliphatic carbocycles. The van der Waals surface area contributed by atoms with E-state index in [4.69, 9.17) is 5.11 Å². The lowest BCUT2D eigenvalue weighted by atomic mass is 10.0. The molecule has 1 amide bonds. The average molecular weight is 253 g/mol. The molecule has 0 radical (unpaired) electrons. The minimum atomic E-state index is -1.03. The second-order valence-corrected chi connectivity index (χ2v) is 4.52. The molecule has 0 bridgehead atoms. The third-order valence-corrected chi connectivity index (χ3v) is 2.65. The van der Waals surface area contributed by atoms with E-state index < -0.39 is 17.9 Å². The lowest BCUT2D eigenvalue weighted by Gasteiger charge is -2.17. The number of aliphatic carboxylic acids is 1. The van der Waals surface area contributed by atoms with Crippen LogP contribution in [0.2, 0.25) is 0 Å². The highest BCUT2D eigenvalue weighted by molar-refractivity contribution is 5.95. The van der Waals surface area contributed by atoms with Gasteiger partial charge in [0.2, 0.25) is 0 Å². The first-order valence-electron chi connectivity index (χ1n) is 5.95. The van der Waals surface area contributed by atoms with Crippen LogP contribution in [0.5, 0.6) is 0 Å². The van der Waals surface area contributed by atoms with Crippen molar-refractivity contribution in [1.82, 2.24) is 15.1 Å². The van der Waals surface area contributed by atoms with Crippen molar-refractivity contribution in [2.45, 2.75) is 40.3 Å². The molecule has 6 heteroatoms. The van der Waals surface area contributed by atoms with E-state index in [0.29, 0.717) is 12.2 Å². The van der Waals surface area contributed by atoms with E-state index in [-0.39, 0.29) is 5.92 Å². The topological polar surface area (TPSA) is 84.2 Å². The summed E-state index contributed by atoms with van der Waals surface area (Å²) in [5.41, 5.74) is 1.13. The van der Waals surface area contributed by atoms with Crippen LogP contribution >= 0.6 is 0 Å². The lowest BCUT2D eigenvalue weighted by Crippen LogP contribution is -2.44. The van der Waals surface area contributed by atoms with E-state index in [1.165, 1.54) is 0 Å². The van der Waals surface area contributed by atoms with Gasteiger partial charge in [-0.05, 0) is 25.8 Å². The van der Waals surface area contributed by atoms with Gasteiger partial charge >= 0.3 is 5.97 Å². The molecule has 0 saturated heterocycles. The Morgan fingerprint density at radius 3 is 2.56 bits per heavy atom. The van der Waals surface area contributed by atoms with Gasteiger partial charge < -0.3 is 10.4 Å². The molecular formula is C12H19N3O3. The number of nitrogens with zero attached hydrogens (tertiary/aromatic N) is 2. The van der Waals surface area contributed by atoms with Gasteiger partial charge in [-0.15, -0.1) is 0 Å². The van der Waals surface area contributed by atoms with Gasteiger partial charge in [-0.1, -0.05) is 13.8 Å². The van der Waals surface area contributed by atoms with Gasteiger partial charge in [0.05, 0.1) is 5.69 Å². The first-order chi connectivity index (χ1) is 8.36. The summed E-state index contributed by atoms with van der Waals surface area (Å²) in [5, 5.41) is 15.7. The number of carbonyl (C=O) groups excluding carboxylic acids is 1. The fraction of sp³-hybridized carbons (Fsp3) is 0.583. The molecule has 100 valence electrons. The second-order valence-electron chi connectivity index (χ2n) is 4.52. The minimum absolute atomic E-state index is 0.175. The maximum Gasteiger partial charge on any atom is 0.326 e. The number of amides is 1. The fourth-order valence-corrected chi connectivity index (χ4v) is 1.70. The summed E-state index contributed by atoms with van der Waals surface area (Å²) in [6.07, 6.45) is 0. The van der Waals surface area contributed by atoms with Gasteiger partial charge in [-0.25, -0.2) is 4.79 Å². The molecule has 0 saturated carbocycles. The Kier molecular flexibility index (Phi) is 4.47. The van der Waals surface area contributed by atoms with Crippen molar-refractivity contribution in [3.63, 3.8) is 0 Å². The van der Waals surface area contributed by atoms with Crippen molar-refractivity contribution in [2.24, 2.45) is 5.92 Å². The molecule has 1 aromatic rings. The molecule has 0 spiro atoms. The van der Waals surface area contributed by atoms with Crippen molar-refractivity contribution in [3.05, 3.63) is 17.5 Å². The Labute approximate surface area is 106 Å². The van der Waals surface area contributed by atoms with Crippen LogP contribution < -0.4 is 5.32 Å². The zero-order valence-corrected chi connectivity index (χ0v) is 11.1. The molecule has 18 heavy (non-hydrogen) atoms. The van der Waals surface area contributed by atoms with Crippen LogP contribution in [0.4, 0.5) is 0 Å². The molecule has 0 aliphatic heterocycles. The summed E-state index contributed by atoms with van der Waals surface area (Å²) >= 11 is 0. The van der Waals surface area contributed by atoms with Gasteiger partial charge in [0, 0.05) is 6.54 Å². The summed E-state index contributed by atoms with van der Waals surface area (Å²) in [5.74, 6) is -1.61. The largest absolute Gasteiger partial charge is 0.480 e. The third kappa shape index (κ3) is 3.09. The van der Waals surface area contributed by atoms with Crippen LogP contribution in [0.25, 0.3) is 0 Å². The molecule has 0 aliphatic rings. The second kappa shape index (κ2) is 5.66. The first kappa shape index (κ1) is 14.2. The maximum atomic E-state index is 12.0. The van der Waals surface area contributed by atoms with Crippen molar-refractivity contribution in [1.29, 1.82) is 0 Å². The molecule has 1 atom stereocenters. The first-order valence-corrected chi connectivity index (χ1v) is 5.95. The highest BCUT2D eigenvalue weighted by atomic mass is 16.4. The number of carbonyl (C=O) groups is 2. The fourth-order valence-electron chi connectivity index (χ4n) is 1.70. The third-order valence-electron chi connectivity index (χ3n) is 2.65. The Bertz CT molecular complexity index is 451. The van der Waals surface area contributed by atoms with E-state index in [0.717, 1.165) is 5.69 Å². The van der Waals surface area contributed by atoms with Gasteiger partial charge in [0.25, 0.3) is 5.91 Å². The monoisotopic (exact) mass is 253 g/mol. The number of hydrogen-bond acceptors (Lipinski definition) is 3. The molecule has 0 unspecified atom stereocenters.